The predicted octanol–water partition coefficient (Wildman–Crippen LogP) is 5.13. The van der Waals surface area contributed by atoms with Crippen LogP contribution >= 0.6 is 11.6 Å². The monoisotopic (exact) mass is 426 g/mol. The van der Waals surface area contributed by atoms with Crippen LogP contribution in [0, 0.1) is 11.3 Å². The highest BCUT2D eigenvalue weighted by Gasteiger charge is 2.19. The Bertz CT molecular complexity index is 997. The highest BCUT2D eigenvalue weighted by Crippen LogP contribution is 2.28. The molecule has 3 rings (SSSR count). The van der Waals surface area contributed by atoms with Gasteiger partial charge in [0.15, 0.2) is 0 Å². The van der Waals surface area contributed by atoms with E-state index in [2.05, 4.69) is 5.32 Å². The van der Waals surface area contributed by atoms with E-state index in [1.807, 2.05) is 6.07 Å². The number of nitrogens with zero attached hydrogens (tertiary/aromatic N) is 1. The van der Waals surface area contributed by atoms with Gasteiger partial charge < -0.3 is 14.5 Å². The molecular formula is C23H23ClN2O4. The number of halogens is 1. The molecule has 2 aromatic rings. The van der Waals surface area contributed by atoms with E-state index in [1.165, 1.54) is 12.5 Å². The summed E-state index contributed by atoms with van der Waals surface area (Å²) in [6.07, 6.45) is 6.66. The molecule has 1 aliphatic rings. The van der Waals surface area contributed by atoms with Crippen LogP contribution in [-0.2, 0) is 9.53 Å². The van der Waals surface area contributed by atoms with Gasteiger partial charge in [0, 0.05) is 17.7 Å². The average Bonchev–Trinajstić information content (AvgIpc) is 3.21. The van der Waals surface area contributed by atoms with Crippen molar-refractivity contribution in [2.75, 3.05) is 6.61 Å². The van der Waals surface area contributed by atoms with Crippen molar-refractivity contribution in [1.82, 2.24) is 5.32 Å². The largest absolute Gasteiger partial charge is 0.462 e. The molecule has 0 bridgehead atoms. The van der Waals surface area contributed by atoms with Crippen molar-refractivity contribution < 1.29 is 18.7 Å². The van der Waals surface area contributed by atoms with Crippen LogP contribution in [0.4, 0.5) is 0 Å². The number of carbonyl (C=O) groups is 2. The maximum absolute atomic E-state index is 12.4. The van der Waals surface area contributed by atoms with Crippen molar-refractivity contribution in [2.45, 2.75) is 45.1 Å². The summed E-state index contributed by atoms with van der Waals surface area (Å²) < 4.78 is 10.8. The minimum Gasteiger partial charge on any atom is -0.462 e. The molecule has 0 unspecified atom stereocenters. The third-order valence-electron chi connectivity index (χ3n) is 4.97. The minimum atomic E-state index is -0.512. The van der Waals surface area contributed by atoms with Crippen LogP contribution < -0.4 is 5.32 Å². The zero-order chi connectivity index (χ0) is 21.5. The fourth-order valence-corrected chi connectivity index (χ4v) is 3.62. The van der Waals surface area contributed by atoms with Gasteiger partial charge in [-0.05, 0) is 50.1 Å². The van der Waals surface area contributed by atoms with E-state index in [1.54, 1.807) is 37.3 Å². The number of amides is 1. The first-order valence-electron chi connectivity index (χ1n) is 10.0. The predicted molar refractivity (Wildman–Crippen MR) is 114 cm³/mol. The summed E-state index contributed by atoms with van der Waals surface area (Å²) in [5.41, 5.74) is 0.867. The third kappa shape index (κ3) is 5.31. The fraction of sp³-hybridized carbons (Fsp3) is 0.348. The Hall–Kier alpha value is -3.04. The molecule has 1 heterocycles. The van der Waals surface area contributed by atoms with Crippen LogP contribution in [0.15, 0.2) is 40.3 Å². The number of hydrogen-bond acceptors (Lipinski definition) is 5. The summed E-state index contributed by atoms with van der Waals surface area (Å²) in [4.78, 5) is 24.5. The molecular weight excluding hydrogens is 404 g/mol. The van der Waals surface area contributed by atoms with Gasteiger partial charge in [0.1, 0.15) is 23.2 Å². The Kier molecular flexibility index (Phi) is 7.31. The Morgan fingerprint density at radius 3 is 2.73 bits per heavy atom. The van der Waals surface area contributed by atoms with Crippen molar-refractivity contribution in [1.29, 1.82) is 5.26 Å². The van der Waals surface area contributed by atoms with Gasteiger partial charge in [-0.2, -0.15) is 5.26 Å². The summed E-state index contributed by atoms with van der Waals surface area (Å²) in [7, 11) is 0. The number of nitrogens with one attached hydrogen (secondary N) is 1. The fourth-order valence-electron chi connectivity index (χ4n) is 3.43. The maximum atomic E-state index is 12.4. The molecule has 1 saturated carbocycles. The molecule has 1 aromatic heterocycles. The first kappa shape index (κ1) is 21.7. The zero-order valence-electron chi connectivity index (χ0n) is 16.7. The average molecular weight is 427 g/mol. The molecule has 6 nitrogen and oxygen atoms in total. The molecule has 0 spiro atoms. The van der Waals surface area contributed by atoms with Gasteiger partial charge in [-0.15, -0.1) is 0 Å². The van der Waals surface area contributed by atoms with Crippen LogP contribution in [0.1, 0.15) is 55.1 Å². The molecule has 1 aromatic carbocycles. The second kappa shape index (κ2) is 10.1. The molecule has 0 atom stereocenters. The van der Waals surface area contributed by atoms with Gasteiger partial charge >= 0.3 is 5.97 Å². The first-order chi connectivity index (χ1) is 14.5. The SMILES string of the molecule is CCOC(=O)c1cc(-c2ccc(/C=C(\C#N)C(=O)NC3CCCCC3)o2)ccc1Cl. The minimum absolute atomic E-state index is 0.00945. The molecule has 156 valence electrons. The smallest absolute Gasteiger partial charge is 0.339 e. The lowest BCUT2D eigenvalue weighted by Crippen LogP contribution is -2.36. The van der Waals surface area contributed by atoms with Crippen molar-refractivity contribution in [3.63, 3.8) is 0 Å². The first-order valence-corrected chi connectivity index (χ1v) is 10.4. The summed E-state index contributed by atoms with van der Waals surface area (Å²) >= 11 is 6.10. The molecule has 30 heavy (non-hydrogen) atoms. The second-order valence-electron chi connectivity index (χ2n) is 7.10. The van der Waals surface area contributed by atoms with Gasteiger partial charge in [-0.1, -0.05) is 30.9 Å². The lowest BCUT2D eigenvalue weighted by Gasteiger charge is -2.22. The number of carbonyl (C=O) groups excluding carboxylic acids is 2. The standard InChI is InChI=1S/C23H23ClN2O4/c1-2-29-23(28)19-13-15(8-10-20(19)24)21-11-9-18(30-21)12-16(14-25)22(27)26-17-6-4-3-5-7-17/h8-13,17H,2-7H2,1H3,(H,26,27)/b16-12+. The van der Waals surface area contributed by atoms with E-state index in [-0.39, 0.29) is 28.8 Å². The summed E-state index contributed by atoms with van der Waals surface area (Å²) in [6, 6.07) is 10.3. The zero-order valence-corrected chi connectivity index (χ0v) is 17.5. The van der Waals surface area contributed by atoms with E-state index in [0.29, 0.717) is 17.1 Å². The molecule has 7 heteroatoms. The number of furan rings is 1. The van der Waals surface area contributed by atoms with Gasteiger partial charge in [0.25, 0.3) is 5.91 Å². The van der Waals surface area contributed by atoms with Gasteiger partial charge in [0.05, 0.1) is 17.2 Å². The van der Waals surface area contributed by atoms with Gasteiger partial charge in [-0.3, -0.25) is 4.79 Å². The van der Waals surface area contributed by atoms with Crippen molar-refractivity contribution in [3.8, 4) is 17.4 Å². The Labute approximate surface area is 180 Å². The van der Waals surface area contributed by atoms with Crippen LogP contribution in [0.2, 0.25) is 5.02 Å². The highest BCUT2D eigenvalue weighted by molar-refractivity contribution is 6.33. The molecule has 1 N–H and O–H groups in total. The van der Waals surface area contributed by atoms with E-state index in [0.717, 1.165) is 25.7 Å². The third-order valence-corrected chi connectivity index (χ3v) is 5.29. The number of rotatable bonds is 6. The number of hydrogen-bond donors (Lipinski definition) is 1. The van der Waals surface area contributed by atoms with E-state index < -0.39 is 11.9 Å². The molecule has 0 aliphatic heterocycles. The van der Waals surface area contributed by atoms with Crippen LogP contribution in [0.3, 0.4) is 0 Å². The number of benzene rings is 1. The Balaban J connectivity index is 1.78. The maximum Gasteiger partial charge on any atom is 0.339 e. The second-order valence-corrected chi connectivity index (χ2v) is 7.50. The Morgan fingerprint density at radius 2 is 2.03 bits per heavy atom. The van der Waals surface area contributed by atoms with Gasteiger partial charge in [-0.25, -0.2) is 4.79 Å². The van der Waals surface area contributed by atoms with Crippen LogP contribution in [0.5, 0.6) is 0 Å². The lowest BCUT2D eigenvalue weighted by molar-refractivity contribution is -0.117. The summed E-state index contributed by atoms with van der Waals surface area (Å²) in [6.45, 7) is 1.97. The lowest BCUT2D eigenvalue weighted by atomic mass is 9.95. The summed E-state index contributed by atoms with van der Waals surface area (Å²) in [5.74, 6) is -0.0537. The molecule has 1 aliphatic carbocycles. The molecule has 1 fully saturated rings. The van der Waals surface area contributed by atoms with Crippen molar-refractivity contribution >= 4 is 29.6 Å². The van der Waals surface area contributed by atoms with Crippen molar-refractivity contribution in [2.24, 2.45) is 0 Å². The van der Waals surface area contributed by atoms with Gasteiger partial charge in [0.2, 0.25) is 0 Å². The number of esters is 1. The summed E-state index contributed by atoms with van der Waals surface area (Å²) in [5, 5.41) is 12.6. The number of nitriles is 1. The van der Waals surface area contributed by atoms with E-state index >= 15 is 0 Å². The topological polar surface area (TPSA) is 92.3 Å². The molecule has 0 saturated heterocycles. The quantitative estimate of drug-likeness (QED) is 0.392. The van der Waals surface area contributed by atoms with Crippen LogP contribution in [0.25, 0.3) is 17.4 Å². The van der Waals surface area contributed by atoms with E-state index in [9.17, 15) is 14.9 Å². The number of ether oxygens (including phenoxy) is 1. The van der Waals surface area contributed by atoms with Crippen molar-refractivity contribution in [3.05, 3.63) is 52.3 Å². The van der Waals surface area contributed by atoms with Crippen LogP contribution in [-0.4, -0.2) is 24.5 Å². The highest BCUT2D eigenvalue weighted by atomic mass is 35.5. The Morgan fingerprint density at radius 1 is 1.27 bits per heavy atom. The normalized spacial score (nSPS) is 14.8. The molecule has 1 amide bonds. The van der Waals surface area contributed by atoms with E-state index in [4.69, 9.17) is 20.8 Å². The molecule has 0 radical (unpaired) electrons.